The standard InChI is InChI=1S/C21H24N4O3S2/c1-14-5-9-18(10-6-14)30(27,28)22-12-20-23-24-21(25(20)4)29-13-19(26)17-8-7-15(2)16(3)11-17/h5-11,22H,12-13H2,1-4H3. The average molecular weight is 445 g/mol. The molecule has 0 spiro atoms. The third-order valence-electron chi connectivity index (χ3n) is 4.84. The van der Waals surface area contributed by atoms with Gasteiger partial charge < -0.3 is 4.57 Å². The van der Waals surface area contributed by atoms with Gasteiger partial charge in [0, 0.05) is 12.6 Å². The Balaban J connectivity index is 1.62. The zero-order valence-electron chi connectivity index (χ0n) is 17.3. The fourth-order valence-electron chi connectivity index (χ4n) is 2.71. The molecule has 0 saturated heterocycles. The number of ketones is 1. The van der Waals surface area contributed by atoms with Crippen molar-refractivity contribution in [3.05, 3.63) is 70.5 Å². The first-order chi connectivity index (χ1) is 14.2. The van der Waals surface area contributed by atoms with Crippen molar-refractivity contribution < 1.29 is 13.2 Å². The summed E-state index contributed by atoms with van der Waals surface area (Å²) in [7, 11) is -1.90. The van der Waals surface area contributed by atoms with Crippen molar-refractivity contribution in [1.29, 1.82) is 0 Å². The van der Waals surface area contributed by atoms with Crippen LogP contribution in [-0.4, -0.2) is 34.7 Å². The number of hydrogen-bond acceptors (Lipinski definition) is 6. The predicted molar refractivity (Wildman–Crippen MR) is 117 cm³/mol. The van der Waals surface area contributed by atoms with Gasteiger partial charge in [0.1, 0.15) is 5.82 Å². The molecule has 0 aliphatic heterocycles. The second-order valence-corrected chi connectivity index (χ2v) is 9.82. The molecular weight excluding hydrogens is 420 g/mol. The Morgan fingerprint density at radius 2 is 1.73 bits per heavy atom. The van der Waals surface area contributed by atoms with Crippen LogP contribution in [0.25, 0.3) is 0 Å². The maximum atomic E-state index is 12.5. The Bertz CT molecular complexity index is 1170. The van der Waals surface area contributed by atoms with Crippen LogP contribution in [0.15, 0.2) is 52.5 Å². The van der Waals surface area contributed by atoms with Crippen LogP contribution in [0.4, 0.5) is 0 Å². The van der Waals surface area contributed by atoms with E-state index in [1.807, 2.05) is 39.0 Å². The van der Waals surface area contributed by atoms with Crippen molar-refractivity contribution in [3.63, 3.8) is 0 Å². The molecule has 1 aromatic heterocycles. The molecule has 1 heterocycles. The van der Waals surface area contributed by atoms with E-state index in [2.05, 4.69) is 14.9 Å². The van der Waals surface area contributed by atoms with Crippen molar-refractivity contribution in [1.82, 2.24) is 19.5 Å². The summed E-state index contributed by atoms with van der Waals surface area (Å²) in [5.74, 6) is 0.698. The Morgan fingerprint density at radius 1 is 1.03 bits per heavy atom. The van der Waals surface area contributed by atoms with Crippen LogP contribution in [0.3, 0.4) is 0 Å². The Hall–Kier alpha value is -2.49. The van der Waals surface area contributed by atoms with Crippen molar-refractivity contribution in [2.24, 2.45) is 7.05 Å². The normalized spacial score (nSPS) is 11.6. The van der Waals surface area contributed by atoms with Crippen LogP contribution in [0, 0.1) is 20.8 Å². The lowest BCUT2D eigenvalue weighted by molar-refractivity contribution is 0.102. The van der Waals surface area contributed by atoms with Crippen LogP contribution in [0.1, 0.15) is 32.9 Å². The van der Waals surface area contributed by atoms with Gasteiger partial charge in [0.15, 0.2) is 10.9 Å². The largest absolute Gasteiger partial charge is 0.308 e. The highest BCUT2D eigenvalue weighted by molar-refractivity contribution is 7.99. The third kappa shape index (κ3) is 5.16. The number of hydrogen-bond donors (Lipinski definition) is 1. The zero-order valence-corrected chi connectivity index (χ0v) is 19.0. The molecule has 1 N–H and O–H groups in total. The minimum absolute atomic E-state index is 0.00533. The minimum Gasteiger partial charge on any atom is -0.308 e. The van der Waals surface area contributed by atoms with Gasteiger partial charge in [0.25, 0.3) is 0 Å². The number of rotatable bonds is 8. The summed E-state index contributed by atoms with van der Waals surface area (Å²) in [4.78, 5) is 12.7. The summed E-state index contributed by atoms with van der Waals surface area (Å²) >= 11 is 1.27. The smallest absolute Gasteiger partial charge is 0.240 e. The van der Waals surface area contributed by atoms with Crippen molar-refractivity contribution >= 4 is 27.6 Å². The third-order valence-corrected chi connectivity index (χ3v) is 7.28. The quantitative estimate of drug-likeness (QED) is 0.424. The number of sulfonamides is 1. The number of Topliss-reactive ketones (excluding diaryl/α,β-unsaturated/α-hetero) is 1. The zero-order chi connectivity index (χ0) is 21.9. The van der Waals surface area contributed by atoms with E-state index < -0.39 is 10.0 Å². The molecule has 0 saturated carbocycles. The number of aromatic nitrogens is 3. The summed E-state index contributed by atoms with van der Waals surface area (Å²) < 4.78 is 29.1. The molecule has 0 bridgehead atoms. The van der Waals surface area contributed by atoms with Gasteiger partial charge in [-0.05, 0) is 50.1 Å². The second-order valence-electron chi connectivity index (χ2n) is 7.11. The molecule has 3 rings (SSSR count). The number of nitrogens with one attached hydrogen (secondary N) is 1. The van der Waals surface area contributed by atoms with Crippen LogP contribution >= 0.6 is 11.8 Å². The van der Waals surface area contributed by atoms with E-state index in [4.69, 9.17) is 0 Å². The summed E-state index contributed by atoms with van der Waals surface area (Å²) in [6.07, 6.45) is 0. The molecule has 3 aromatic rings. The topological polar surface area (TPSA) is 94.0 Å². The van der Waals surface area contributed by atoms with Gasteiger partial charge in [0.05, 0.1) is 17.2 Å². The molecule has 0 fully saturated rings. The summed E-state index contributed by atoms with van der Waals surface area (Å²) in [6.45, 7) is 5.89. The molecule has 7 nitrogen and oxygen atoms in total. The maximum Gasteiger partial charge on any atom is 0.240 e. The van der Waals surface area contributed by atoms with E-state index in [1.54, 1.807) is 35.9 Å². The van der Waals surface area contributed by atoms with Gasteiger partial charge in [-0.3, -0.25) is 4.79 Å². The second kappa shape index (κ2) is 9.11. The van der Waals surface area contributed by atoms with E-state index in [-0.39, 0.29) is 23.0 Å². The maximum absolute atomic E-state index is 12.5. The van der Waals surface area contributed by atoms with Crippen molar-refractivity contribution in [2.75, 3.05) is 5.75 Å². The first kappa shape index (κ1) is 22.2. The van der Waals surface area contributed by atoms with Crippen LogP contribution in [-0.2, 0) is 23.6 Å². The summed E-state index contributed by atoms with van der Waals surface area (Å²) in [5, 5.41) is 8.70. The fourth-order valence-corrected chi connectivity index (χ4v) is 4.52. The monoisotopic (exact) mass is 444 g/mol. The fraction of sp³-hybridized carbons (Fsp3) is 0.286. The highest BCUT2D eigenvalue weighted by Crippen LogP contribution is 2.19. The van der Waals surface area contributed by atoms with E-state index in [1.165, 1.54) is 11.8 Å². The Morgan fingerprint density at radius 3 is 2.40 bits per heavy atom. The molecule has 0 aliphatic carbocycles. The average Bonchev–Trinajstić information content (AvgIpc) is 3.06. The van der Waals surface area contributed by atoms with Crippen LogP contribution in [0.5, 0.6) is 0 Å². The van der Waals surface area contributed by atoms with Crippen LogP contribution < -0.4 is 4.72 Å². The number of carbonyl (C=O) groups excluding carboxylic acids is 1. The van der Waals surface area contributed by atoms with Gasteiger partial charge in [0.2, 0.25) is 10.0 Å². The first-order valence-corrected chi connectivity index (χ1v) is 11.8. The van der Waals surface area contributed by atoms with E-state index in [0.29, 0.717) is 16.5 Å². The highest BCUT2D eigenvalue weighted by atomic mass is 32.2. The number of aryl methyl sites for hydroxylation is 3. The number of carbonyl (C=O) groups is 1. The predicted octanol–water partition coefficient (Wildman–Crippen LogP) is 3.19. The molecule has 2 aromatic carbocycles. The Kier molecular flexibility index (Phi) is 6.74. The minimum atomic E-state index is -3.64. The molecule has 0 amide bonds. The lowest BCUT2D eigenvalue weighted by Gasteiger charge is -2.08. The highest BCUT2D eigenvalue weighted by Gasteiger charge is 2.17. The van der Waals surface area contributed by atoms with Gasteiger partial charge in [-0.1, -0.05) is 41.6 Å². The lowest BCUT2D eigenvalue weighted by atomic mass is 10.0. The van der Waals surface area contributed by atoms with E-state index >= 15 is 0 Å². The molecular formula is C21H24N4O3S2. The molecule has 0 atom stereocenters. The molecule has 0 aliphatic rings. The van der Waals surface area contributed by atoms with Gasteiger partial charge >= 0.3 is 0 Å². The van der Waals surface area contributed by atoms with Gasteiger partial charge in [-0.25, -0.2) is 13.1 Å². The first-order valence-electron chi connectivity index (χ1n) is 9.35. The number of nitrogens with zero attached hydrogens (tertiary/aromatic N) is 3. The Labute approximate surface area is 181 Å². The summed E-state index contributed by atoms with van der Waals surface area (Å²) in [5.41, 5.74) is 3.87. The van der Waals surface area contributed by atoms with Gasteiger partial charge in [-0.2, -0.15) is 0 Å². The molecule has 0 unspecified atom stereocenters. The summed E-state index contributed by atoms with van der Waals surface area (Å²) in [6, 6.07) is 12.3. The van der Waals surface area contributed by atoms with Crippen molar-refractivity contribution in [2.45, 2.75) is 37.4 Å². The molecule has 0 radical (unpaired) electrons. The molecule has 158 valence electrons. The molecule has 9 heteroatoms. The van der Waals surface area contributed by atoms with Crippen LogP contribution in [0.2, 0.25) is 0 Å². The SMILES string of the molecule is Cc1ccc(S(=O)(=O)NCc2nnc(SCC(=O)c3ccc(C)c(C)c3)n2C)cc1. The van der Waals surface area contributed by atoms with E-state index in [0.717, 1.165) is 16.7 Å². The van der Waals surface area contributed by atoms with Gasteiger partial charge in [-0.15, -0.1) is 10.2 Å². The molecule has 30 heavy (non-hydrogen) atoms. The van der Waals surface area contributed by atoms with E-state index in [9.17, 15) is 13.2 Å². The number of thioether (sulfide) groups is 1. The number of benzene rings is 2. The van der Waals surface area contributed by atoms with Crippen molar-refractivity contribution in [3.8, 4) is 0 Å². The lowest BCUT2D eigenvalue weighted by Crippen LogP contribution is -2.24.